The molecular formula is C58H88N8O4Zn. The van der Waals surface area contributed by atoms with Crippen LogP contribution in [-0.2, 0) is 19.5 Å². The van der Waals surface area contributed by atoms with Gasteiger partial charge in [-0.2, -0.15) is 0 Å². The number of carboxylic acids is 2. The number of benzene rings is 2. The molecule has 0 spiro atoms. The third kappa shape index (κ3) is 9.57. The quantitative estimate of drug-likeness (QED) is 0.133. The largest absolute Gasteiger partial charge is 0.478 e. The number of carboxylic acid groups (broad SMARTS) is 2. The van der Waals surface area contributed by atoms with Gasteiger partial charge in [0, 0.05) is 25.4 Å². The molecule has 0 radical (unpaired) electrons. The maximum Gasteiger partial charge on any atom is 0.335 e. The van der Waals surface area contributed by atoms with Crippen molar-refractivity contribution in [2.75, 3.05) is 0 Å². The van der Waals surface area contributed by atoms with E-state index in [1.165, 1.54) is 57.8 Å². The maximum atomic E-state index is 12.3. The molecule has 2 aromatic carbocycles. The van der Waals surface area contributed by atoms with E-state index in [1.807, 2.05) is 12.1 Å². The Kier molecular flexibility index (Phi) is 14.4. The second-order valence-corrected chi connectivity index (χ2v) is 27.4. The van der Waals surface area contributed by atoms with Gasteiger partial charge in [-0.15, -0.1) is 0 Å². The molecule has 0 aromatic heterocycles. The Morgan fingerprint density at radius 1 is 0.394 bits per heavy atom. The van der Waals surface area contributed by atoms with Crippen LogP contribution in [-0.4, -0.2) is 71.5 Å². The van der Waals surface area contributed by atoms with Crippen molar-refractivity contribution < 1.29 is 39.3 Å². The molecule has 4 aliphatic carbocycles. The molecule has 10 N–H and O–H groups in total. The van der Waals surface area contributed by atoms with Crippen LogP contribution in [0.2, 0.25) is 0 Å². The van der Waals surface area contributed by atoms with Crippen LogP contribution >= 0.6 is 0 Å². The second kappa shape index (κ2) is 19.7. The van der Waals surface area contributed by atoms with Crippen molar-refractivity contribution in [2.45, 2.75) is 194 Å². The van der Waals surface area contributed by atoms with Crippen molar-refractivity contribution in [2.24, 2.45) is 81.3 Å². The van der Waals surface area contributed by atoms with Crippen molar-refractivity contribution >= 4 is 11.9 Å². The van der Waals surface area contributed by atoms with Crippen LogP contribution < -0.4 is 42.5 Å². The third-order valence-corrected chi connectivity index (χ3v) is 20.8. The Bertz CT molecular complexity index is 2210. The van der Waals surface area contributed by atoms with Gasteiger partial charge in [-0.1, -0.05) is 106 Å². The summed E-state index contributed by atoms with van der Waals surface area (Å²) in [5, 5.41) is 55.3. The van der Waals surface area contributed by atoms with E-state index in [0.717, 1.165) is 24.0 Å². The summed E-state index contributed by atoms with van der Waals surface area (Å²) in [6.45, 7) is 22.3. The molecule has 5 heterocycles. The van der Waals surface area contributed by atoms with Gasteiger partial charge in [-0.25, -0.2) is 9.59 Å². The van der Waals surface area contributed by atoms with Crippen LogP contribution in [0.25, 0.3) is 0 Å². The molecule has 386 valence electrons. The summed E-state index contributed by atoms with van der Waals surface area (Å²) in [5.41, 5.74) is 3.42. The van der Waals surface area contributed by atoms with Gasteiger partial charge < -0.3 is 10.2 Å². The van der Waals surface area contributed by atoms with Crippen molar-refractivity contribution in [3.05, 3.63) is 70.8 Å². The van der Waals surface area contributed by atoms with Crippen LogP contribution in [0.3, 0.4) is 0 Å². The molecular weight excluding hydrogens is 938 g/mol. The van der Waals surface area contributed by atoms with Gasteiger partial charge in [0.25, 0.3) is 0 Å². The summed E-state index contributed by atoms with van der Waals surface area (Å²) in [4.78, 5) is 24.4. The summed E-state index contributed by atoms with van der Waals surface area (Å²) in [7, 11) is 0. The molecule has 2 aromatic rings. The van der Waals surface area contributed by atoms with Gasteiger partial charge in [0.2, 0.25) is 0 Å². The summed E-state index contributed by atoms with van der Waals surface area (Å²) < 4.78 is 0. The molecule has 13 heteroatoms. The fourth-order valence-corrected chi connectivity index (χ4v) is 17.9. The van der Waals surface area contributed by atoms with E-state index < -0.39 is 11.9 Å². The molecule has 21 atom stereocenters. The Morgan fingerprint density at radius 2 is 0.690 bits per heavy atom. The summed E-state index contributed by atoms with van der Waals surface area (Å²) in [5.74, 6) is 3.45. The summed E-state index contributed by atoms with van der Waals surface area (Å²) >= 11 is 0. The Labute approximate surface area is 437 Å². The van der Waals surface area contributed by atoms with E-state index in [2.05, 4.69) is 117 Å². The zero-order valence-electron chi connectivity index (χ0n) is 44.4. The van der Waals surface area contributed by atoms with Crippen LogP contribution in [0, 0.1) is 81.3 Å². The Hall–Kier alpha value is -2.32. The summed E-state index contributed by atoms with van der Waals surface area (Å²) in [6, 6.07) is 15.3. The van der Waals surface area contributed by atoms with E-state index in [4.69, 9.17) is 0 Å². The zero-order chi connectivity index (χ0) is 49.2. The average molecular weight is 1030 g/mol. The normalized spacial score (nSPS) is 43.3. The minimum absolute atomic E-state index is 0. The number of hydrogen-bond acceptors (Lipinski definition) is 10. The first-order chi connectivity index (χ1) is 33.2. The fraction of sp³-hybridized carbons (Fsp3) is 0.759. The van der Waals surface area contributed by atoms with Gasteiger partial charge in [-0.3, -0.25) is 42.5 Å². The van der Waals surface area contributed by atoms with E-state index in [9.17, 15) is 19.8 Å². The fourth-order valence-electron chi connectivity index (χ4n) is 17.9. The summed E-state index contributed by atoms with van der Waals surface area (Å²) in [6.07, 6.45) is 14.1. The topological polar surface area (TPSA) is 171 Å². The number of fused-ring (bicyclic) bond motifs is 20. The van der Waals surface area contributed by atoms with Crippen LogP contribution in [0.4, 0.5) is 0 Å². The molecule has 71 heavy (non-hydrogen) atoms. The van der Waals surface area contributed by atoms with Crippen molar-refractivity contribution in [1.29, 1.82) is 0 Å². The number of nitrogens with one attached hydrogen (secondary N) is 8. The van der Waals surface area contributed by atoms with E-state index in [1.54, 1.807) is 24.3 Å². The van der Waals surface area contributed by atoms with E-state index in [-0.39, 0.29) is 109 Å². The first kappa shape index (κ1) is 52.1. The molecule has 5 saturated heterocycles. The molecule has 5 aliphatic heterocycles. The third-order valence-electron chi connectivity index (χ3n) is 20.8. The first-order valence-electron chi connectivity index (χ1n) is 28.0. The van der Waals surface area contributed by atoms with Gasteiger partial charge >= 0.3 is 11.9 Å². The predicted molar refractivity (Wildman–Crippen MR) is 275 cm³/mol. The monoisotopic (exact) mass is 1020 g/mol. The minimum atomic E-state index is -0.918. The Morgan fingerprint density at radius 3 is 1.00 bits per heavy atom. The Balaban J connectivity index is 0.00000582. The smallest absolute Gasteiger partial charge is 0.335 e. The first-order valence-corrected chi connectivity index (χ1v) is 28.0. The molecule has 0 amide bonds. The zero-order valence-corrected chi connectivity index (χ0v) is 47.4. The number of aromatic carboxylic acids is 2. The van der Waals surface area contributed by atoms with Gasteiger partial charge in [0.15, 0.2) is 0 Å². The van der Waals surface area contributed by atoms with Crippen molar-refractivity contribution in [3.63, 3.8) is 0 Å². The van der Waals surface area contributed by atoms with Crippen LogP contribution in [0.5, 0.6) is 0 Å². The predicted octanol–water partition coefficient (Wildman–Crippen LogP) is 8.60. The standard InChI is InChI=1S/C58H88N8O4.Zn/c1-56(2,3)38-16-10-13-34-42(38)50-59-46(34)61-51-44-36(15-12-18-40(44)58(7,8)9)48(63-51)65-53-45-37(49(66-53)64-52-43-35(47(60-50)62-52)14-11-17-39(43)57(4,5)6)28-27-33(29-19-23-31(24-20-29)54(67)68)41(45)30-21-25-32(26-22-30)55(69)70;/h19-26,33-53,59-66H,10-18,27-28H2,1-9H3,(H,67,68)(H,69,70);. The van der Waals surface area contributed by atoms with Crippen molar-refractivity contribution in [1.82, 2.24) is 42.5 Å². The molecule has 8 bridgehead atoms. The molecule has 9 fully saturated rings. The second-order valence-electron chi connectivity index (χ2n) is 27.4. The van der Waals surface area contributed by atoms with E-state index in [0.29, 0.717) is 64.4 Å². The maximum absolute atomic E-state index is 12.3. The van der Waals surface area contributed by atoms with Crippen LogP contribution in [0.1, 0.15) is 177 Å². The molecule has 9 aliphatic rings. The average Bonchev–Trinajstić information content (AvgIpc) is 4.06. The molecule has 21 unspecified atom stereocenters. The molecule has 11 rings (SSSR count). The van der Waals surface area contributed by atoms with Gasteiger partial charge in [0.05, 0.1) is 60.5 Å². The minimum Gasteiger partial charge on any atom is -0.478 e. The SMILES string of the molecule is CC(C)(C)C1CCCC2C3NC(NC4NC(NC5NC(NC6NC(N3)C3C6CCCC3C(C)(C)C)C3C5CCCC3C(C)(C)C)C3C4CCC(c4ccc(C(=O)O)cc4)C3c3ccc(C(=O)O)cc3)C21.[Zn]. The van der Waals surface area contributed by atoms with Crippen LogP contribution in [0.15, 0.2) is 48.5 Å². The van der Waals surface area contributed by atoms with E-state index >= 15 is 0 Å². The number of rotatable bonds is 4. The van der Waals surface area contributed by atoms with Gasteiger partial charge in [0.1, 0.15) is 0 Å². The number of carbonyl (C=O) groups is 2. The van der Waals surface area contributed by atoms with Gasteiger partial charge in [-0.05, 0) is 174 Å². The molecule has 12 nitrogen and oxygen atoms in total. The number of hydrogen-bond donors (Lipinski definition) is 10. The van der Waals surface area contributed by atoms with Crippen molar-refractivity contribution in [3.8, 4) is 0 Å². The molecule has 4 saturated carbocycles.